The first kappa shape index (κ1) is 16.8. The minimum atomic E-state index is -0.0295. The second-order valence-electron chi connectivity index (χ2n) is 7.90. The molecule has 142 valence electrons. The largest absolute Gasteiger partial charge is 0.488 e. The van der Waals surface area contributed by atoms with Crippen LogP contribution in [0.15, 0.2) is 30.6 Å². The summed E-state index contributed by atoms with van der Waals surface area (Å²) in [7, 11) is 1.77. The van der Waals surface area contributed by atoms with Crippen LogP contribution in [0.2, 0.25) is 0 Å². The highest BCUT2D eigenvalue weighted by atomic mass is 16.5. The lowest BCUT2D eigenvalue weighted by Crippen LogP contribution is -2.25. The Bertz CT molecular complexity index is 854. The molecule has 7 heteroatoms. The summed E-state index contributed by atoms with van der Waals surface area (Å²) in [6, 6.07) is 8.25. The minimum absolute atomic E-state index is 0.0128. The number of hydrogen-bond acceptors (Lipinski definition) is 7. The number of anilines is 2. The molecule has 1 saturated heterocycles. The van der Waals surface area contributed by atoms with Crippen molar-refractivity contribution in [3.8, 4) is 5.75 Å². The number of nitrogens with one attached hydrogen (secondary N) is 2. The lowest BCUT2D eigenvalue weighted by molar-refractivity contribution is 0.121. The lowest BCUT2D eigenvalue weighted by Gasteiger charge is -2.19. The van der Waals surface area contributed by atoms with Crippen molar-refractivity contribution in [3.05, 3.63) is 41.9 Å². The second kappa shape index (κ2) is 6.35. The van der Waals surface area contributed by atoms with Gasteiger partial charge in [-0.15, -0.1) is 0 Å². The number of rotatable bonds is 5. The molecule has 2 N–H and O–H groups in total. The van der Waals surface area contributed by atoms with Crippen molar-refractivity contribution in [1.29, 1.82) is 0 Å². The molecule has 2 aliphatic heterocycles. The van der Waals surface area contributed by atoms with Crippen LogP contribution < -0.4 is 20.5 Å². The maximum atomic E-state index is 6.14. The maximum Gasteiger partial charge on any atom is 0.132 e. The Kier molecular flexibility index (Phi) is 3.94. The monoisotopic (exact) mass is 367 g/mol. The average molecular weight is 367 g/mol. The Morgan fingerprint density at radius 2 is 2.11 bits per heavy atom. The number of nitrogens with zero attached hydrogens (tertiary/aromatic N) is 3. The molecule has 7 nitrogen and oxygen atoms in total. The van der Waals surface area contributed by atoms with Gasteiger partial charge in [-0.2, -0.15) is 0 Å². The van der Waals surface area contributed by atoms with E-state index < -0.39 is 0 Å². The number of benzene rings is 1. The van der Waals surface area contributed by atoms with E-state index in [0.29, 0.717) is 0 Å². The van der Waals surface area contributed by atoms with Crippen LogP contribution in [-0.4, -0.2) is 41.9 Å². The van der Waals surface area contributed by atoms with Gasteiger partial charge in [0.15, 0.2) is 0 Å². The van der Waals surface area contributed by atoms with Gasteiger partial charge in [0.05, 0.1) is 23.5 Å². The standard InChI is InChI=1S/C20H25N5O2/c1-20(6-7-20)27-13-3-4-16-15(9-13)19(24-23-16)17-10-18(22-12-21-17)25-8-5-14(11-25)26-2/h3-4,9-10,12,14,19,23-24H,5-8,11H2,1-2H3/t14-,19-/m1/s1. The van der Waals surface area contributed by atoms with Gasteiger partial charge in [-0.3, -0.25) is 0 Å². The van der Waals surface area contributed by atoms with E-state index in [0.717, 1.165) is 60.9 Å². The SMILES string of the molecule is CO[C@@H]1CCN(c2cc([C@@H]3NNc4ccc(OC5(C)CC5)cc43)ncn2)C1. The van der Waals surface area contributed by atoms with Gasteiger partial charge in [0.2, 0.25) is 0 Å². The molecule has 2 aromatic rings. The molecule has 1 aromatic heterocycles. The quantitative estimate of drug-likeness (QED) is 0.842. The first-order chi connectivity index (χ1) is 13.1. The van der Waals surface area contributed by atoms with Crippen LogP contribution in [0.4, 0.5) is 11.5 Å². The summed E-state index contributed by atoms with van der Waals surface area (Å²) in [5, 5.41) is 0. The van der Waals surface area contributed by atoms with Crippen LogP contribution in [0.1, 0.15) is 43.5 Å². The zero-order chi connectivity index (χ0) is 18.4. The normalized spacial score (nSPS) is 25.2. The van der Waals surface area contributed by atoms with E-state index >= 15 is 0 Å². The van der Waals surface area contributed by atoms with E-state index in [-0.39, 0.29) is 17.7 Å². The number of hydrogen-bond donors (Lipinski definition) is 2. The summed E-state index contributed by atoms with van der Waals surface area (Å²) >= 11 is 0. The molecule has 3 aliphatic rings. The molecule has 27 heavy (non-hydrogen) atoms. The van der Waals surface area contributed by atoms with Gasteiger partial charge >= 0.3 is 0 Å². The molecule has 2 fully saturated rings. The van der Waals surface area contributed by atoms with Gasteiger partial charge in [0.25, 0.3) is 0 Å². The molecule has 0 amide bonds. The van der Waals surface area contributed by atoms with Crippen LogP contribution >= 0.6 is 0 Å². The highest BCUT2D eigenvalue weighted by Crippen LogP contribution is 2.42. The molecule has 0 spiro atoms. The number of aromatic nitrogens is 2. The fourth-order valence-corrected chi connectivity index (χ4v) is 3.80. The van der Waals surface area contributed by atoms with Crippen molar-refractivity contribution in [2.75, 3.05) is 30.5 Å². The summed E-state index contributed by atoms with van der Waals surface area (Å²) < 4.78 is 11.6. The molecule has 3 heterocycles. The van der Waals surface area contributed by atoms with Crippen LogP contribution in [0.5, 0.6) is 5.75 Å². The van der Waals surface area contributed by atoms with Crippen LogP contribution in [0, 0.1) is 0 Å². The fraction of sp³-hybridized carbons (Fsp3) is 0.500. The Balaban J connectivity index is 1.40. The van der Waals surface area contributed by atoms with Crippen molar-refractivity contribution in [3.63, 3.8) is 0 Å². The summed E-state index contributed by atoms with van der Waals surface area (Å²) in [5.41, 5.74) is 9.78. The molecule has 2 atom stereocenters. The van der Waals surface area contributed by atoms with Crippen LogP contribution in [0.25, 0.3) is 0 Å². The van der Waals surface area contributed by atoms with Gasteiger partial charge in [0.1, 0.15) is 23.5 Å². The number of ether oxygens (including phenoxy) is 2. The van der Waals surface area contributed by atoms with Gasteiger partial charge in [-0.05, 0) is 44.4 Å². The Hall–Kier alpha value is -2.38. The third kappa shape index (κ3) is 3.21. The molecular formula is C20H25N5O2. The molecular weight excluding hydrogens is 342 g/mol. The predicted molar refractivity (Wildman–Crippen MR) is 103 cm³/mol. The van der Waals surface area contributed by atoms with Crippen LogP contribution in [-0.2, 0) is 4.74 Å². The lowest BCUT2D eigenvalue weighted by atomic mass is 10.0. The van der Waals surface area contributed by atoms with Gasteiger partial charge in [-0.25, -0.2) is 15.4 Å². The first-order valence-electron chi connectivity index (χ1n) is 9.58. The average Bonchev–Trinajstić information content (AvgIpc) is 3.11. The first-order valence-corrected chi connectivity index (χ1v) is 9.58. The topological polar surface area (TPSA) is 71.5 Å². The van der Waals surface area contributed by atoms with E-state index in [1.165, 1.54) is 0 Å². The summed E-state index contributed by atoms with van der Waals surface area (Å²) in [5.74, 6) is 1.87. The second-order valence-corrected chi connectivity index (χ2v) is 7.90. The van der Waals surface area contributed by atoms with Gasteiger partial charge in [-0.1, -0.05) is 0 Å². The van der Waals surface area contributed by atoms with Gasteiger partial charge in [0, 0.05) is 31.8 Å². The third-order valence-corrected chi connectivity index (χ3v) is 5.78. The third-order valence-electron chi connectivity index (χ3n) is 5.78. The van der Waals surface area contributed by atoms with E-state index in [1.807, 2.05) is 6.07 Å². The van der Waals surface area contributed by atoms with Crippen molar-refractivity contribution < 1.29 is 9.47 Å². The maximum absolute atomic E-state index is 6.14. The van der Waals surface area contributed by atoms with Gasteiger partial charge < -0.3 is 19.8 Å². The van der Waals surface area contributed by atoms with E-state index in [2.05, 4.69) is 50.8 Å². The zero-order valence-electron chi connectivity index (χ0n) is 15.7. The molecule has 1 aliphatic carbocycles. The Labute approximate surface area is 159 Å². The van der Waals surface area contributed by atoms with E-state index in [1.54, 1.807) is 13.4 Å². The van der Waals surface area contributed by atoms with Crippen molar-refractivity contribution in [2.45, 2.75) is 43.9 Å². The minimum Gasteiger partial charge on any atom is -0.488 e. The van der Waals surface area contributed by atoms with E-state index in [9.17, 15) is 0 Å². The Morgan fingerprint density at radius 3 is 2.89 bits per heavy atom. The summed E-state index contributed by atoms with van der Waals surface area (Å²) in [6.07, 6.45) is 5.20. The predicted octanol–water partition coefficient (Wildman–Crippen LogP) is 2.65. The highest BCUT2D eigenvalue weighted by molar-refractivity contribution is 5.61. The fourth-order valence-electron chi connectivity index (χ4n) is 3.80. The Morgan fingerprint density at radius 1 is 1.22 bits per heavy atom. The summed E-state index contributed by atoms with van der Waals surface area (Å²) in [6.45, 7) is 3.99. The molecule has 0 bridgehead atoms. The van der Waals surface area contributed by atoms with E-state index in [4.69, 9.17) is 9.47 Å². The molecule has 1 saturated carbocycles. The number of methoxy groups -OCH3 is 1. The van der Waals surface area contributed by atoms with Crippen LogP contribution in [0.3, 0.4) is 0 Å². The molecule has 5 rings (SSSR count). The molecule has 0 unspecified atom stereocenters. The number of fused-ring (bicyclic) bond motifs is 1. The molecule has 0 radical (unpaired) electrons. The number of hydrazine groups is 1. The van der Waals surface area contributed by atoms with Crippen molar-refractivity contribution in [1.82, 2.24) is 15.4 Å². The smallest absolute Gasteiger partial charge is 0.132 e. The molecule has 1 aromatic carbocycles. The highest BCUT2D eigenvalue weighted by Gasteiger charge is 2.40. The summed E-state index contributed by atoms with van der Waals surface area (Å²) in [4.78, 5) is 11.3. The zero-order valence-corrected chi connectivity index (χ0v) is 15.7. The van der Waals surface area contributed by atoms with Crippen molar-refractivity contribution in [2.24, 2.45) is 0 Å². The van der Waals surface area contributed by atoms with Crippen molar-refractivity contribution >= 4 is 11.5 Å².